The normalized spacial score (nSPS) is 9.86. The van der Waals surface area contributed by atoms with E-state index in [9.17, 15) is 0 Å². The van der Waals surface area contributed by atoms with Gasteiger partial charge in [0, 0.05) is 6.61 Å². The zero-order valence-electron chi connectivity index (χ0n) is 9.23. The molecule has 0 aliphatic carbocycles. The van der Waals surface area contributed by atoms with Gasteiger partial charge in [-0.1, -0.05) is 64.7 Å². The van der Waals surface area contributed by atoms with Crippen LogP contribution in [0.5, 0.6) is 0 Å². The minimum absolute atomic E-state index is 0. The Kier molecular flexibility index (Phi) is 20.3. The molecule has 0 bridgehead atoms. The van der Waals surface area contributed by atoms with Gasteiger partial charge in [-0.2, -0.15) is 0 Å². The summed E-state index contributed by atoms with van der Waals surface area (Å²) in [4.78, 5) is 0. The summed E-state index contributed by atoms with van der Waals surface area (Å²) in [5.74, 6) is 0. The zero-order valence-corrected chi connectivity index (χ0v) is 9.23. The second-order valence-electron chi connectivity index (χ2n) is 3.91. The van der Waals surface area contributed by atoms with E-state index in [1.807, 2.05) is 0 Å². The Morgan fingerprint density at radius 1 is 0.643 bits per heavy atom. The molecule has 2 heteroatoms. The van der Waals surface area contributed by atoms with E-state index in [2.05, 4.69) is 6.92 Å². The van der Waals surface area contributed by atoms with Crippen molar-refractivity contribution in [2.24, 2.45) is 0 Å². The van der Waals surface area contributed by atoms with Gasteiger partial charge in [-0.15, -0.1) is 0 Å². The first kappa shape index (κ1) is 17.4. The Morgan fingerprint density at radius 2 is 1.00 bits per heavy atom. The second-order valence-corrected chi connectivity index (χ2v) is 3.91. The molecule has 0 spiro atoms. The van der Waals surface area contributed by atoms with E-state index in [4.69, 9.17) is 5.11 Å². The van der Waals surface area contributed by atoms with Crippen LogP contribution in [0.1, 0.15) is 71.1 Å². The average Bonchev–Trinajstić information content (AvgIpc) is 2.16. The number of aliphatic hydroxyl groups excluding tert-OH is 1. The van der Waals surface area contributed by atoms with Crippen LogP contribution in [0.2, 0.25) is 0 Å². The van der Waals surface area contributed by atoms with Gasteiger partial charge in [0.05, 0.1) is 0 Å². The van der Waals surface area contributed by atoms with Crippen molar-refractivity contribution in [1.29, 1.82) is 0 Å². The fourth-order valence-electron chi connectivity index (χ4n) is 1.60. The third-order valence-electron chi connectivity index (χ3n) is 2.51. The summed E-state index contributed by atoms with van der Waals surface area (Å²) in [5, 5.41) is 8.57. The topological polar surface area (TPSA) is 20.2 Å². The summed E-state index contributed by atoms with van der Waals surface area (Å²) < 4.78 is 0. The maximum absolute atomic E-state index is 8.57. The molecule has 1 nitrogen and oxygen atoms in total. The fraction of sp³-hybridized carbons (Fsp3) is 1.00. The van der Waals surface area contributed by atoms with Gasteiger partial charge in [-0.25, -0.2) is 0 Å². The average molecular weight is 210 g/mol. The van der Waals surface area contributed by atoms with E-state index in [0.29, 0.717) is 6.61 Å². The predicted molar refractivity (Wildman–Crippen MR) is 66.1 cm³/mol. The van der Waals surface area contributed by atoms with Crippen LogP contribution >= 0.6 is 0 Å². The summed E-state index contributed by atoms with van der Waals surface area (Å²) in [7, 11) is 0. The van der Waals surface area contributed by atoms with Crippen molar-refractivity contribution in [3.8, 4) is 0 Å². The molecule has 0 atom stereocenters. The molecule has 0 heterocycles. The van der Waals surface area contributed by atoms with Crippen LogP contribution < -0.4 is 0 Å². The molecule has 0 fully saturated rings. The molecule has 0 aromatic rings. The van der Waals surface area contributed by atoms with E-state index in [-0.39, 0.29) is 29.6 Å². The molecule has 82 valence electrons. The number of hydrogen-bond donors (Lipinski definition) is 1. The number of unbranched alkanes of at least 4 members (excludes halogenated alkanes) is 9. The van der Waals surface area contributed by atoms with Crippen LogP contribution in [-0.2, 0) is 0 Å². The van der Waals surface area contributed by atoms with Crippen molar-refractivity contribution in [3.63, 3.8) is 0 Å². The van der Waals surface area contributed by atoms with E-state index in [1.165, 1.54) is 57.8 Å². The molecule has 0 saturated heterocycles. The van der Waals surface area contributed by atoms with Gasteiger partial charge >= 0.3 is 29.6 Å². The summed E-state index contributed by atoms with van der Waals surface area (Å²) in [6.45, 7) is 2.63. The van der Waals surface area contributed by atoms with E-state index in [1.54, 1.807) is 0 Å². The minimum atomic E-state index is 0. The van der Waals surface area contributed by atoms with Crippen LogP contribution in [-0.4, -0.2) is 41.3 Å². The number of aliphatic hydroxyl groups is 1. The first-order valence-electron chi connectivity index (χ1n) is 6.02. The van der Waals surface area contributed by atoms with Gasteiger partial charge in [-0.05, 0) is 6.42 Å². The Hall–Kier alpha value is 0.960. The van der Waals surface area contributed by atoms with Crippen molar-refractivity contribution in [1.82, 2.24) is 0 Å². The van der Waals surface area contributed by atoms with Crippen molar-refractivity contribution < 1.29 is 5.11 Å². The molecule has 0 aromatic carbocycles. The third-order valence-corrected chi connectivity index (χ3v) is 2.51. The monoisotopic (exact) mass is 210 g/mol. The van der Waals surface area contributed by atoms with Gasteiger partial charge in [0.2, 0.25) is 0 Å². The van der Waals surface area contributed by atoms with Crippen LogP contribution in [0.4, 0.5) is 0 Å². The molecule has 0 rings (SSSR count). The van der Waals surface area contributed by atoms with Crippen LogP contribution in [0.3, 0.4) is 0 Å². The van der Waals surface area contributed by atoms with Crippen LogP contribution in [0.15, 0.2) is 0 Å². The first-order chi connectivity index (χ1) is 6.41. The molecular formula is C12H27NaO. The standard InChI is InChI=1S/C12H26O.Na.H/c1-2-3-4-5-6-7-8-9-10-11-12-13;;/h13H,2-12H2,1H3;;. The molecule has 0 saturated carbocycles. The van der Waals surface area contributed by atoms with Gasteiger partial charge in [0.15, 0.2) is 0 Å². The van der Waals surface area contributed by atoms with Crippen molar-refractivity contribution in [2.45, 2.75) is 71.1 Å². The van der Waals surface area contributed by atoms with Crippen LogP contribution in [0, 0.1) is 0 Å². The maximum atomic E-state index is 8.57. The number of hydrogen-bond acceptors (Lipinski definition) is 1. The SMILES string of the molecule is CCCCCCCCCCCCO.[NaH]. The molecule has 0 aliphatic heterocycles. The quantitative estimate of drug-likeness (QED) is 0.433. The Labute approximate surface area is 112 Å². The summed E-state index contributed by atoms with van der Waals surface area (Å²) in [6.07, 6.45) is 13.3. The fourth-order valence-corrected chi connectivity index (χ4v) is 1.60. The Balaban J connectivity index is 0. The first-order valence-corrected chi connectivity index (χ1v) is 6.02. The van der Waals surface area contributed by atoms with E-state index in [0.717, 1.165) is 6.42 Å². The van der Waals surface area contributed by atoms with Crippen LogP contribution in [0.25, 0.3) is 0 Å². The molecule has 0 amide bonds. The molecule has 0 aliphatic rings. The summed E-state index contributed by atoms with van der Waals surface area (Å²) in [6, 6.07) is 0. The van der Waals surface area contributed by atoms with Crippen molar-refractivity contribution in [2.75, 3.05) is 6.61 Å². The Morgan fingerprint density at radius 3 is 1.36 bits per heavy atom. The summed E-state index contributed by atoms with van der Waals surface area (Å²) >= 11 is 0. The molecule has 14 heavy (non-hydrogen) atoms. The van der Waals surface area contributed by atoms with Gasteiger partial charge in [0.1, 0.15) is 0 Å². The molecule has 1 N–H and O–H groups in total. The van der Waals surface area contributed by atoms with E-state index < -0.39 is 0 Å². The van der Waals surface area contributed by atoms with Gasteiger partial charge < -0.3 is 5.11 Å². The molecular weight excluding hydrogens is 183 g/mol. The molecule has 0 radical (unpaired) electrons. The number of rotatable bonds is 10. The van der Waals surface area contributed by atoms with E-state index >= 15 is 0 Å². The third kappa shape index (κ3) is 15.4. The van der Waals surface area contributed by atoms with Crippen molar-refractivity contribution >= 4 is 29.6 Å². The van der Waals surface area contributed by atoms with Gasteiger partial charge in [0.25, 0.3) is 0 Å². The second kappa shape index (κ2) is 16.4. The summed E-state index contributed by atoms with van der Waals surface area (Å²) in [5.41, 5.74) is 0. The molecule has 0 unspecified atom stereocenters. The Bertz CT molecular complexity index is 76.4. The van der Waals surface area contributed by atoms with Crippen molar-refractivity contribution in [3.05, 3.63) is 0 Å². The molecule has 0 aromatic heterocycles. The van der Waals surface area contributed by atoms with Gasteiger partial charge in [-0.3, -0.25) is 0 Å². The zero-order chi connectivity index (χ0) is 9.78. The predicted octanol–water partition coefficient (Wildman–Crippen LogP) is 3.25.